The summed E-state index contributed by atoms with van der Waals surface area (Å²) >= 11 is 0. The highest BCUT2D eigenvalue weighted by atomic mass is 16.5. The Kier molecular flexibility index (Phi) is 5.00. The predicted molar refractivity (Wildman–Crippen MR) is 78.0 cm³/mol. The van der Waals surface area contributed by atoms with E-state index in [1.165, 1.54) is 6.33 Å². The molecule has 6 nitrogen and oxygen atoms in total. The van der Waals surface area contributed by atoms with Gasteiger partial charge in [0.05, 0.1) is 18.8 Å². The summed E-state index contributed by atoms with van der Waals surface area (Å²) in [6, 6.07) is 9.16. The van der Waals surface area contributed by atoms with Crippen molar-refractivity contribution in [2.24, 2.45) is 0 Å². The minimum atomic E-state index is 0.488. The van der Waals surface area contributed by atoms with Crippen LogP contribution in [0.1, 0.15) is 6.92 Å². The molecule has 1 aromatic heterocycles. The fourth-order valence-electron chi connectivity index (χ4n) is 1.62. The number of aromatic nitrogens is 2. The average Bonchev–Trinajstić information content (AvgIpc) is 2.46. The maximum absolute atomic E-state index is 5.78. The molecule has 0 unspecified atom stereocenters. The van der Waals surface area contributed by atoms with Crippen LogP contribution in [0.4, 0.5) is 11.5 Å². The van der Waals surface area contributed by atoms with E-state index in [4.69, 9.17) is 15.2 Å². The molecule has 0 aliphatic rings. The molecule has 0 aliphatic carbocycles. The number of benzene rings is 1. The van der Waals surface area contributed by atoms with Gasteiger partial charge in [0.1, 0.15) is 24.5 Å². The molecule has 0 saturated heterocycles. The fourth-order valence-corrected chi connectivity index (χ4v) is 1.62. The molecule has 2 rings (SSSR count). The van der Waals surface area contributed by atoms with Crippen LogP contribution in [0.5, 0.6) is 11.6 Å². The largest absolute Gasteiger partial charge is 0.490 e. The first-order valence-corrected chi connectivity index (χ1v) is 6.45. The van der Waals surface area contributed by atoms with E-state index in [9.17, 15) is 0 Å². The minimum absolute atomic E-state index is 0.488. The van der Waals surface area contributed by atoms with Crippen LogP contribution in [0.3, 0.4) is 0 Å². The molecule has 0 saturated carbocycles. The third kappa shape index (κ3) is 4.01. The Balaban J connectivity index is 1.78. The third-order valence-corrected chi connectivity index (χ3v) is 2.52. The third-order valence-electron chi connectivity index (χ3n) is 2.52. The maximum Gasteiger partial charge on any atom is 0.218 e. The molecule has 2 aromatic rings. The van der Waals surface area contributed by atoms with E-state index >= 15 is 0 Å². The van der Waals surface area contributed by atoms with Crippen LogP contribution >= 0.6 is 0 Å². The van der Waals surface area contributed by atoms with Crippen molar-refractivity contribution in [1.29, 1.82) is 0 Å². The summed E-state index contributed by atoms with van der Waals surface area (Å²) in [4.78, 5) is 8.10. The summed E-state index contributed by atoms with van der Waals surface area (Å²) in [5.41, 5.74) is 6.42. The van der Waals surface area contributed by atoms with Gasteiger partial charge in [0, 0.05) is 6.07 Å². The van der Waals surface area contributed by atoms with Crippen LogP contribution < -0.4 is 20.5 Å². The molecule has 0 aliphatic heterocycles. The number of hydrogen-bond acceptors (Lipinski definition) is 6. The van der Waals surface area contributed by atoms with Crippen LogP contribution in [-0.2, 0) is 0 Å². The van der Waals surface area contributed by atoms with Crippen molar-refractivity contribution in [3.05, 3.63) is 36.7 Å². The van der Waals surface area contributed by atoms with E-state index in [-0.39, 0.29) is 0 Å². The Morgan fingerprint density at radius 1 is 1.20 bits per heavy atom. The van der Waals surface area contributed by atoms with Gasteiger partial charge in [-0.1, -0.05) is 12.1 Å². The lowest BCUT2D eigenvalue weighted by Crippen LogP contribution is -2.13. The van der Waals surface area contributed by atoms with Gasteiger partial charge >= 0.3 is 0 Å². The molecular formula is C14H18N4O2. The Bertz CT molecular complexity index is 548. The summed E-state index contributed by atoms with van der Waals surface area (Å²) in [5.74, 6) is 1.94. The summed E-state index contributed by atoms with van der Waals surface area (Å²) in [6.07, 6.45) is 1.46. The van der Waals surface area contributed by atoms with Crippen molar-refractivity contribution in [2.45, 2.75) is 6.92 Å². The standard InChI is InChI=1S/C14H18N4O2/c1-2-19-14-9-13(17-10-18-14)16-7-8-20-12-6-4-3-5-11(12)15/h3-6,9-10H,2,7-8,15H2,1H3,(H,16,17,18). The first-order valence-electron chi connectivity index (χ1n) is 6.45. The number of nitrogens with zero attached hydrogens (tertiary/aromatic N) is 2. The lowest BCUT2D eigenvalue weighted by Gasteiger charge is -2.10. The number of nitrogen functional groups attached to an aromatic ring is 1. The highest BCUT2D eigenvalue weighted by molar-refractivity contribution is 5.51. The van der Waals surface area contributed by atoms with Crippen molar-refractivity contribution >= 4 is 11.5 Å². The summed E-state index contributed by atoms with van der Waals surface area (Å²) in [6.45, 7) is 3.58. The molecular weight excluding hydrogens is 256 g/mol. The molecule has 3 N–H and O–H groups in total. The molecule has 1 aromatic carbocycles. The Hall–Kier alpha value is -2.50. The van der Waals surface area contributed by atoms with E-state index in [2.05, 4.69) is 15.3 Å². The van der Waals surface area contributed by atoms with Crippen molar-refractivity contribution in [2.75, 3.05) is 30.8 Å². The number of rotatable bonds is 7. The highest BCUT2D eigenvalue weighted by Gasteiger charge is 2.00. The van der Waals surface area contributed by atoms with E-state index < -0.39 is 0 Å². The number of para-hydroxylation sites is 2. The van der Waals surface area contributed by atoms with Crippen LogP contribution in [0, 0.1) is 0 Å². The van der Waals surface area contributed by atoms with Crippen molar-refractivity contribution < 1.29 is 9.47 Å². The molecule has 20 heavy (non-hydrogen) atoms. The van der Waals surface area contributed by atoms with Crippen LogP contribution in [0.2, 0.25) is 0 Å². The molecule has 0 radical (unpaired) electrons. The molecule has 0 fully saturated rings. The van der Waals surface area contributed by atoms with Gasteiger partial charge in [-0.2, -0.15) is 0 Å². The van der Waals surface area contributed by atoms with Crippen molar-refractivity contribution in [3.8, 4) is 11.6 Å². The molecule has 0 atom stereocenters. The molecule has 0 amide bonds. The quantitative estimate of drug-likeness (QED) is 0.593. The topological polar surface area (TPSA) is 82.3 Å². The second-order valence-corrected chi connectivity index (χ2v) is 3.99. The zero-order chi connectivity index (χ0) is 14.2. The minimum Gasteiger partial charge on any atom is -0.490 e. The lowest BCUT2D eigenvalue weighted by molar-refractivity contribution is 0.325. The van der Waals surface area contributed by atoms with Gasteiger partial charge < -0.3 is 20.5 Å². The number of nitrogens with two attached hydrogens (primary N) is 1. The lowest BCUT2D eigenvalue weighted by atomic mass is 10.3. The first kappa shape index (κ1) is 13.9. The predicted octanol–water partition coefficient (Wildman–Crippen LogP) is 1.95. The molecule has 0 spiro atoms. The van der Waals surface area contributed by atoms with E-state index in [1.807, 2.05) is 31.2 Å². The second-order valence-electron chi connectivity index (χ2n) is 3.99. The van der Waals surface area contributed by atoms with Crippen LogP contribution in [0.25, 0.3) is 0 Å². The molecule has 0 bridgehead atoms. The van der Waals surface area contributed by atoms with Gasteiger partial charge in [0.2, 0.25) is 5.88 Å². The average molecular weight is 274 g/mol. The molecule has 106 valence electrons. The molecule has 6 heteroatoms. The Morgan fingerprint density at radius 2 is 2.05 bits per heavy atom. The zero-order valence-corrected chi connectivity index (χ0v) is 11.4. The smallest absolute Gasteiger partial charge is 0.218 e. The van der Waals surface area contributed by atoms with Gasteiger partial charge in [-0.15, -0.1) is 0 Å². The van der Waals surface area contributed by atoms with Crippen LogP contribution in [0.15, 0.2) is 36.7 Å². The summed E-state index contributed by atoms with van der Waals surface area (Å²) in [7, 11) is 0. The number of anilines is 2. The maximum atomic E-state index is 5.78. The number of nitrogens with one attached hydrogen (secondary N) is 1. The van der Waals surface area contributed by atoms with Gasteiger partial charge in [0.25, 0.3) is 0 Å². The van der Waals surface area contributed by atoms with Crippen molar-refractivity contribution in [3.63, 3.8) is 0 Å². The monoisotopic (exact) mass is 274 g/mol. The highest BCUT2D eigenvalue weighted by Crippen LogP contribution is 2.19. The van der Waals surface area contributed by atoms with Crippen molar-refractivity contribution in [1.82, 2.24) is 9.97 Å². The second kappa shape index (κ2) is 7.18. The SMILES string of the molecule is CCOc1cc(NCCOc2ccccc2N)ncn1. The van der Waals surface area contributed by atoms with Gasteiger partial charge in [-0.05, 0) is 19.1 Å². The Morgan fingerprint density at radius 3 is 2.85 bits per heavy atom. The molecule has 1 heterocycles. The summed E-state index contributed by atoms with van der Waals surface area (Å²) in [5, 5.41) is 3.14. The zero-order valence-electron chi connectivity index (χ0n) is 11.4. The van der Waals surface area contributed by atoms with E-state index in [0.29, 0.717) is 42.9 Å². The van der Waals surface area contributed by atoms with Gasteiger partial charge in [-0.25, -0.2) is 9.97 Å². The number of ether oxygens (including phenoxy) is 2. The van der Waals surface area contributed by atoms with Gasteiger partial charge in [0.15, 0.2) is 0 Å². The summed E-state index contributed by atoms with van der Waals surface area (Å²) < 4.78 is 10.9. The normalized spacial score (nSPS) is 10.1. The number of hydrogen-bond donors (Lipinski definition) is 2. The van der Waals surface area contributed by atoms with Gasteiger partial charge in [-0.3, -0.25) is 0 Å². The van der Waals surface area contributed by atoms with E-state index in [0.717, 1.165) is 0 Å². The fraction of sp³-hybridized carbons (Fsp3) is 0.286. The Labute approximate surface area is 118 Å². The first-order chi connectivity index (χ1) is 9.79. The van der Waals surface area contributed by atoms with Crippen LogP contribution in [-0.4, -0.2) is 29.7 Å². The van der Waals surface area contributed by atoms with E-state index in [1.54, 1.807) is 6.07 Å².